The highest BCUT2D eigenvalue weighted by molar-refractivity contribution is 6.08. The summed E-state index contributed by atoms with van der Waals surface area (Å²) < 4.78 is 14.8. The van der Waals surface area contributed by atoms with Crippen molar-refractivity contribution in [3.05, 3.63) is 96.5 Å². The summed E-state index contributed by atoms with van der Waals surface area (Å²) in [5, 5.41) is 8.26. The maximum Gasteiger partial charge on any atom is 0.410 e. The van der Waals surface area contributed by atoms with E-state index in [2.05, 4.69) is 64.9 Å². The fraction of sp³-hybridized carbons (Fsp3) is 0.371. The second kappa shape index (κ2) is 12.6. The number of aromatic nitrogens is 4. The molecular weight excluding hydrogens is 566 g/mol. The molecule has 1 amide bonds. The molecule has 1 N–H and O–H groups in total. The quantitative estimate of drug-likeness (QED) is 0.260. The number of ether oxygens (including phenoxy) is 2. The number of imidazole rings is 1. The molecule has 2 aliphatic heterocycles. The molecule has 0 aliphatic carbocycles. The first-order valence-corrected chi connectivity index (χ1v) is 15.4. The van der Waals surface area contributed by atoms with Crippen LogP contribution in [0, 0.1) is 11.8 Å². The maximum atomic E-state index is 12.2. The standard InChI is InChI=1S/C35H41N7O3/c1-24-7-6-13-36-31(32-19-38-33-15-29(44-5)12-14-42(32)33)16-30(24)37-17-25-8-10-27(11-9-25)28-18-39-41(23-28)22-26-20-40(21-26)34(43)45-35(2,3)4/h6,8-16,18-19,23-24,26,37H,7,17,20-22H2,1-5H3/b13-6+,30-16?,36-31?. The average molecular weight is 608 g/mol. The van der Waals surface area contributed by atoms with Gasteiger partial charge >= 0.3 is 6.09 Å². The Labute approximate surface area is 264 Å². The van der Waals surface area contributed by atoms with Crippen molar-refractivity contribution in [2.45, 2.75) is 52.8 Å². The summed E-state index contributed by atoms with van der Waals surface area (Å²) in [7, 11) is 1.66. The molecule has 5 heterocycles. The van der Waals surface area contributed by atoms with Crippen LogP contribution in [0.25, 0.3) is 16.8 Å². The van der Waals surface area contributed by atoms with Crippen molar-refractivity contribution in [2.75, 3.05) is 20.2 Å². The van der Waals surface area contributed by atoms with E-state index in [1.165, 1.54) is 5.56 Å². The molecule has 1 fully saturated rings. The van der Waals surface area contributed by atoms with E-state index in [0.29, 0.717) is 31.5 Å². The zero-order valence-electron chi connectivity index (χ0n) is 26.6. The lowest BCUT2D eigenvalue weighted by Gasteiger charge is -2.39. The molecule has 0 bridgehead atoms. The summed E-state index contributed by atoms with van der Waals surface area (Å²) >= 11 is 0. The van der Waals surface area contributed by atoms with E-state index >= 15 is 0 Å². The third kappa shape index (κ3) is 7.11. The van der Waals surface area contributed by atoms with Gasteiger partial charge in [-0.15, -0.1) is 0 Å². The first kappa shape index (κ1) is 30.2. The zero-order valence-corrected chi connectivity index (χ0v) is 26.6. The summed E-state index contributed by atoms with van der Waals surface area (Å²) in [6, 6.07) is 12.4. The predicted octanol–water partition coefficient (Wildman–Crippen LogP) is 6.09. The van der Waals surface area contributed by atoms with Gasteiger partial charge in [-0.1, -0.05) is 37.3 Å². The number of carbonyl (C=O) groups is 1. The van der Waals surface area contributed by atoms with Gasteiger partial charge in [0, 0.05) is 68.0 Å². The fourth-order valence-corrected chi connectivity index (χ4v) is 5.55. The highest BCUT2D eigenvalue weighted by Gasteiger charge is 2.34. The molecule has 6 rings (SSSR count). The van der Waals surface area contributed by atoms with E-state index in [4.69, 9.17) is 14.5 Å². The van der Waals surface area contributed by atoms with Gasteiger partial charge in [0.25, 0.3) is 0 Å². The molecule has 0 radical (unpaired) electrons. The molecule has 0 spiro atoms. The Kier molecular flexibility index (Phi) is 8.47. The van der Waals surface area contributed by atoms with Crippen LogP contribution in [0.4, 0.5) is 4.79 Å². The lowest BCUT2D eigenvalue weighted by atomic mass is 10.00. The topological polar surface area (TPSA) is 98.3 Å². The van der Waals surface area contributed by atoms with Crippen molar-refractivity contribution < 1.29 is 14.3 Å². The molecule has 1 atom stereocenters. The molecule has 1 unspecified atom stereocenters. The summed E-state index contributed by atoms with van der Waals surface area (Å²) in [5.74, 6) is 1.45. The van der Waals surface area contributed by atoms with Crippen molar-refractivity contribution in [3.63, 3.8) is 0 Å². The number of likely N-dealkylation sites (tertiary alicyclic amines) is 1. The van der Waals surface area contributed by atoms with Crippen LogP contribution < -0.4 is 10.1 Å². The van der Waals surface area contributed by atoms with Crippen LogP contribution in [-0.4, -0.2) is 61.7 Å². The molecule has 10 nitrogen and oxygen atoms in total. The Bertz CT molecular complexity index is 1750. The average Bonchev–Trinajstić information content (AvgIpc) is 3.63. The third-order valence-electron chi connectivity index (χ3n) is 8.09. The number of amides is 1. The van der Waals surface area contributed by atoms with Crippen LogP contribution in [0.2, 0.25) is 0 Å². The van der Waals surface area contributed by atoms with E-state index in [1.54, 1.807) is 12.0 Å². The van der Waals surface area contributed by atoms with E-state index in [9.17, 15) is 4.79 Å². The number of carbonyl (C=O) groups excluding carboxylic acids is 1. The largest absolute Gasteiger partial charge is 0.497 e. The van der Waals surface area contributed by atoms with E-state index in [1.807, 2.05) is 66.8 Å². The number of hydrogen-bond acceptors (Lipinski definition) is 7. The molecule has 4 aromatic rings. The minimum Gasteiger partial charge on any atom is -0.497 e. The van der Waals surface area contributed by atoms with Crippen molar-refractivity contribution >= 4 is 17.5 Å². The Hall–Kier alpha value is -4.86. The summed E-state index contributed by atoms with van der Waals surface area (Å²) in [6.07, 6.45) is 14.6. The van der Waals surface area contributed by atoms with Gasteiger partial charge in [-0.3, -0.25) is 14.1 Å². The molecule has 0 saturated carbocycles. The zero-order chi connectivity index (χ0) is 31.6. The molecule has 234 valence electrons. The first-order valence-electron chi connectivity index (χ1n) is 15.4. The van der Waals surface area contributed by atoms with Crippen molar-refractivity contribution in [1.82, 2.24) is 29.4 Å². The number of nitrogens with one attached hydrogen (secondary N) is 1. The molecular formula is C35H41N7O3. The van der Waals surface area contributed by atoms with Gasteiger partial charge in [0.2, 0.25) is 0 Å². The van der Waals surface area contributed by atoms with E-state index < -0.39 is 5.60 Å². The Balaban J connectivity index is 1.07. The van der Waals surface area contributed by atoms with Crippen molar-refractivity contribution in [3.8, 4) is 16.9 Å². The van der Waals surface area contributed by atoms with Crippen LogP contribution in [0.15, 0.2) is 90.2 Å². The van der Waals surface area contributed by atoms with Gasteiger partial charge in [0.1, 0.15) is 17.0 Å². The van der Waals surface area contributed by atoms with Crippen LogP contribution in [0.5, 0.6) is 5.75 Å². The van der Waals surface area contributed by atoms with Crippen LogP contribution >= 0.6 is 0 Å². The number of nitrogens with zero attached hydrogens (tertiary/aromatic N) is 6. The normalized spacial score (nSPS) is 18.0. The minimum atomic E-state index is -0.475. The smallest absolute Gasteiger partial charge is 0.410 e. The van der Waals surface area contributed by atoms with Gasteiger partial charge in [0.05, 0.1) is 30.9 Å². The third-order valence-corrected chi connectivity index (χ3v) is 8.09. The van der Waals surface area contributed by atoms with Crippen molar-refractivity contribution in [2.24, 2.45) is 16.8 Å². The van der Waals surface area contributed by atoms with Crippen LogP contribution in [0.1, 0.15) is 45.4 Å². The van der Waals surface area contributed by atoms with Gasteiger partial charge in [0.15, 0.2) is 0 Å². The van der Waals surface area contributed by atoms with Crippen molar-refractivity contribution in [1.29, 1.82) is 0 Å². The molecule has 2 aliphatic rings. The molecule has 3 aromatic heterocycles. The van der Waals surface area contributed by atoms with Crippen LogP contribution in [-0.2, 0) is 17.8 Å². The SMILES string of the molecule is COc1ccn2c(C3=N/C=C/CC(C)C(NCc4ccc(-c5cnn(CC6CN(C(=O)OC(C)(C)C)C6)c5)cc4)=C3)cnc2c1. The summed E-state index contributed by atoms with van der Waals surface area (Å²) in [5.41, 5.74) is 6.63. The number of rotatable bonds is 8. The second-order valence-electron chi connectivity index (χ2n) is 12.8. The maximum absolute atomic E-state index is 12.2. The minimum absolute atomic E-state index is 0.242. The van der Waals surface area contributed by atoms with Crippen LogP contribution in [0.3, 0.4) is 0 Å². The van der Waals surface area contributed by atoms with Gasteiger partial charge < -0.3 is 19.7 Å². The first-order chi connectivity index (χ1) is 21.6. The predicted molar refractivity (Wildman–Crippen MR) is 175 cm³/mol. The number of fused-ring (bicyclic) bond motifs is 1. The molecule has 1 aromatic carbocycles. The number of allylic oxidation sites excluding steroid dienone is 3. The Morgan fingerprint density at radius 2 is 1.89 bits per heavy atom. The lowest BCUT2D eigenvalue weighted by molar-refractivity contribution is -0.00383. The monoisotopic (exact) mass is 607 g/mol. The van der Waals surface area contributed by atoms with Gasteiger partial charge in [-0.2, -0.15) is 5.10 Å². The highest BCUT2D eigenvalue weighted by Crippen LogP contribution is 2.24. The lowest BCUT2D eigenvalue weighted by Crippen LogP contribution is -2.52. The molecule has 10 heteroatoms. The number of methoxy groups -OCH3 is 1. The van der Waals surface area contributed by atoms with E-state index in [-0.39, 0.29) is 6.09 Å². The molecule has 45 heavy (non-hydrogen) atoms. The van der Waals surface area contributed by atoms with Gasteiger partial charge in [-0.05, 0) is 56.4 Å². The Morgan fingerprint density at radius 3 is 2.64 bits per heavy atom. The molecule has 1 saturated heterocycles. The number of benzene rings is 1. The summed E-state index contributed by atoms with van der Waals surface area (Å²) in [6.45, 7) is 10.8. The second-order valence-corrected chi connectivity index (χ2v) is 12.8. The fourth-order valence-electron chi connectivity index (χ4n) is 5.55. The highest BCUT2D eigenvalue weighted by atomic mass is 16.6. The Morgan fingerprint density at radius 1 is 1.09 bits per heavy atom. The number of aliphatic imine (C=N–C) groups is 1. The summed E-state index contributed by atoms with van der Waals surface area (Å²) in [4.78, 5) is 23.3. The van der Waals surface area contributed by atoms with E-state index in [0.717, 1.165) is 52.6 Å². The number of pyridine rings is 1. The number of hydrogen-bond donors (Lipinski definition) is 1. The van der Waals surface area contributed by atoms with Gasteiger partial charge in [-0.25, -0.2) is 9.78 Å².